The van der Waals surface area contributed by atoms with Crippen molar-refractivity contribution < 1.29 is 4.74 Å². The van der Waals surface area contributed by atoms with Crippen LogP contribution in [0.3, 0.4) is 0 Å². The van der Waals surface area contributed by atoms with Crippen LogP contribution in [0.25, 0.3) is 10.8 Å². The topological polar surface area (TPSA) is 45.7 Å². The molecule has 0 atom stereocenters. The maximum Gasteiger partial charge on any atom is 0.190 e. The predicted octanol–water partition coefficient (Wildman–Crippen LogP) is 3.20. The molecule has 4 nitrogen and oxygen atoms in total. The Kier molecular flexibility index (Phi) is 9.63. The Hall–Kier alpha value is -1.34. The second-order valence-corrected chi connectivity index (χ2v) is 5.20. The van der Waals surface area contributed by atoms with Crippen LogP contribution >= 0.6 is 24.0 Å². The first-order valence-electron chi connectivity index (χ1n) is 7.74. The van der Waals surface area contributed by atoms with Gasteiger partial charge in [0.25, 0.3) is 0 Å². The largest absolute Gasteiger partial charge is 0.385 e. The van der Waals surface area contributed by atoms with E-state index in [0.717, 1.165) is 38.5 Å². The number of guanidine groups is 1. The maximum atomic E-state index is 5.03. The van der Waals surface area contributed by atoms with E-state index in [1.807, 2.05) is 0 Å². The van der Waals surface area contributed by atoms with Crippen LogP contribution in [0, 0.1) is 0 Å². The third-order valence-corrected chi connectivity index (χ3v) is 3.56. The summed E-state index contributed by atoms with van der Waals surface area (Å²) in [4.78, 5) is 4.22. The summed E-state index contributed by atoms with van der Waals surface area (Å²) in [6, 6.07) is 15.1. The number of nitrogens with one attached hydrogen (secondary N) is 2. The van der Waals surface area contributed by atoms with Crippen molar-refractivity contribution in [1.29, 1.82) is 0 Å². The molecule has 0 aliphatic rings. The van der Waals surface area contributed by atoms with Crippen LogP contribution in [0.1, 0.15) is 12.0 Å². The van der Waals surface area contributed by atoms with Crippen molar-refractivity contribution in [3.63, 3.8) is 0 Å². The van der Waals surface area contributed by atoms with E-state index >= 15 is 0 Å². The lowest BCUT2D eigenvalue weighted by molar-refractivity contribution is 0.195. The Morgan fingerprint density at radius 3 is 2.52 bits per heavy atom. The summed E-state index contributed by atoms with van der Waals surface area (Å²) in [7, 11) is 3.51. The van der Waals surface area contributed by atoms with Crippen LogP contribution in [0.5, 0.6) is 0 Å². The number of rotatable bonds is 7. The van der Waals surface area contributed by atoms with E-state index in [0.29, 0.717) is 0 Å². The molecule has 5 heteroatoms. The minimum absolute atomic E-state index is 0. The molecule has 2 N–H and O–H groups in total. The average molecular weight is 427 g/mol. The number of fused-ring (bicyclic) bond motifs is 1. The van der Waals surface area contributed by atoms with Gasteiger partial charge in [0, 0.05) is 33.9 Å². The predicted molar refractivity (Wildman–Crippen MR) is 109 cm³/mol. The van der Waals surface area contributed by atoms with Crippen molar-refractivity contribution in [3.05, 3.63) is 48.0 Å². The highest BCUT2D eigenvalue weighted by Crippen LogP contribution is 2.15. The monoisotopic (exact) mass is 427 g/mol. The van der Waals surface area contributed by atoms with Gasteiger partial charge in [-0.05, 0) is 29.2 Å². The van der Waals surface area contributed by atoms with Crippen LogP contribution in [0.15, 0.2) is 47.5 Å². The first kappa shape index (κ1) is 19.7. The van der Waals surface area contributed by atoms with Gasteiger partial charge < -0.3 is 15.4 Å². The van der Waals surface area contributed by atoms with Gasteiger partial charge in [-0.1, -0.05) is 42.5 Å². The van der Waals surface area contributed by atoms with Crippen LogP contribution in [0.4, 0.5) is 0 Å². The molecule has 2 rings (SSSR count). The molecule has 2 aromatic rings. The van der Waals surface area contributed by atoms with E-state index in [2.05, 4.69) is 58.1 Å². The van der Waals surface area contributed by atoms with E-state index < -0.39 is 0 Å². The van der Waals surface area contributed by atoms with Gasteiger partial charge in [-0.25, -0.2) is 0 Å². The summed E-state index contributed by atoms with van der Waals surface area (Å²) in [5, 5.41) is 9.20. The number of halogens is 1. The second-order valence-electron chi connectivity index (χ2n) is 5.20. The minimum Gasteiger partial charge on any atom is -0.385 e. The quantitative estimate of drug-likeness (QED) is 0.309. The summed E-state index contributed by atoms with van der Waals surface area (Å²) in [6.07, 6.45) is 1.95. The van der Waals surface area contributed by atoms with E-state index in [9.17, 15) is 0 Å². The number of hydrogen-bond donors (Lipinski definition) is 2. The third kappa shape index (κ3) is 6.74. The van der Waals surface area contributed by atoms with Gasteiger partial charge in [-0.15, -0.1) is 24.0 Å². The van der Waals surface area contributed by atoms with E-state index in [4.69, 9.17) is 4.74 Å². The number of nitrogens with zero attached hydrogens (tertiary/aromatic N) is 1. The highest BCUT2D eigenvalue weighted by atomic mass is 127. The lowest BCUT2D eigenvalue weighted by Gasteiger charge is -2.12. The molecular formula is C18H26IN3O. The molecule has 0 amide bonds. The molecule has 23 heavy (non-hydrogen) atoms. The molecule has 0 bridgehead atoms. The molecule has 0 saturated heterocycles. The van der Waals surface area contributed by atoms with Crippen LogP contribution in [-0.4, -0.2) is 39.8 Å². The van der Waals surface area contributed by atoms with Crippen LogP contribution in [-0.2, 0) is 11.2 Å². The Balaban J connectivity index is 0.00000264. The van der Waals surface area contributed by atoms with Crippen molar-refractivity contribution in [2.24, 2.45) is 4.99 Å². The molecule has 0 fully saturated rings. The molecule has 0 aromatic heterocycles. The summed E-state index contributed by atoms with van der Waals surface area (Å²) < 4.78 is 5.03. The van der Waals surface area contributed by atoms with Crippen LogP contribution in [0.2, 0.25) is 0 Å². The van der Waals surface area contributed by atoms with Crippen molar-refractivity contribution >= 4 is 40.7 Å². The Morgan fingerprint density at radius 1 is 1.04 bits per heavy atom. The Morgan fingerprint density at radius 2 is 1.78 bits per heavy atom. The fourth-order valence-electron chi connectivity index (χ4n) is 2.36. The van der Waals surface area contributed by atoms with E-state index in [1.54, 1.807) is 14.2 Å². The number of ether oxygens (including phenoxy) is 1. The normalized spacial score (nSPS) is 11.1. The van der Waals surface area contributed by atoms with Crippen molar-refractivity contribution in [1.82, 2.24) is 10.6 Å². The van der Waals surface area contributed by atoms with Gasteiger partial charge in [0.05, 0.1) is 0 Å². The molecule has 0 spiro atoms. The lowest BCUT2D eigenvalue weighted by atomic mass is 10.1. The number of hydrogen-bond acceptors (Lipinski definition) is 2. The zero-order valence-electron chi connectivity index (χ0n) is 13.8. The Labute approximate surface area is 155 Å². The summed E-state index contributed by atoms with van der Waals surface area (Å²) in [6.45, 7) is 2.49. The van der Waals surface area contributed by atoms with Gasteiger partial charge in [-0.3, -0.25) is 4.99 Å². The first-order chi connectivity index (χ1) is 10.8. The molecule has 0 saturated carbocycles. The fourth-order valence-corrected chi connectivity index (χ4v) is 2.36. The van der Waals surface area contributed by atoms with Crippen molar-refractivity contribution in [2.75, 3.05) is 33.9 Å². The minimum atomic E-state index is 0. The van der Waals surface area contributed by atoms with E-state index in [-0.39, 0.29) is 24.0 Å². The number of benzene rings is 2. The highest BCUT2D eigenvalue weighted by molar-refractivity contribution is 14.0. The number of aliphatic imine (C=N–C) groups is 1. The summed E-state index contributed by atoms with van der Waals surface area (Å²) >= 11 is 0. The van der Waals surface area contributed by atoms with E-state index in [1.165, 1.54) is 16.3 Å². The first-order valence-corrected chi connectivity index (χ1v) is 7.74. The smallest absolute Gasteiger partial charge is 0.190 e. The van der Waals surface area contributed by atoms with Gasteiger partial charge in [0.15, 0.2) is 5.96 Å². The number of methoxy groups -OCH3 is 1. The fraction of sp³-hybridized carbons (Fsp3) is 0.389. The lowest BCUT2D eigenvalue weighted by Crippen LogP contribution is -2.38. The average Bonchev–Trinajstić information content (AvgIpc) is 2.57. The summed E-state index contributed by atoms with van der Waals surface area (Å²) in [5.41, 5.74) is 1.33. The molecule has 0 aliphatic heterocycles. The standard InChI is InChI=1S/C18H25N3O.HI/c1-19-18(20-11-5-13-22-2)21-12-10-15-8-9-16-6-3-4-7-17(16)14-15;/h3-4,6-9,14H,5,10-13H2,1-2H3,(H2,19,20,21);1H. The molecule has 0 heterocycles. The van der Waals surface area contributed by atoms with Crippen LogP contribution < -0.4 is 10.6 Å². The van der Waals surface area contributed by atoms with Gasteiger partial charge in [-0.2, -0.15) is 0 Å². The van der Waals surface area contributed by atoms with Gasteiger partial charge in [0.2, 0.25) is 0 Å². The van der Waals surface area contributed by atoms with Gasteiger partial charge in [0.1, 0.15) is 0 Å². The maximum absolute atomic E-state index is 5.03. The SMILES string of the molecule is CN=C(NCCCOC)NCCc1ccc2ccccc2c1.I. The van der Waals surface area contributed by atoms with Crippen molar-refractivity contribution in [2.45, 2.75) is 12.8 Å². The molecule has 2 aromatic carbocycles. The summed E-state index contributed by atoms with van der Waals surface area (Å²) in [5.74, 6) is 0.844. The zero-order chi connectivity index (χ0) is 15.6. The highest BCUT2D eigenvalue weighted by Gasteiger charge is 1.99. The Bertz CT molecular complexity index is 616. The molecule has 0 aliphatic carbocycles. The molecule has 0 radical (unpaired) electrons. The van der Waals surface area contributed by atoms with Gasteiger partial charge >= 0.3 is 0 Å². The van der Waals surface area contributed by atoms with Crippen molar-refractivity contribution in [3.8, 4) is 0 Å². The molecular weight excluding hydrogens is 401 g/mol. The molecule has 0 unspecified atom stereocenters. The molecule has 126 valence electrons. The third-order valence-electron chi connectivity index (χ3n) is 3.56. The zero-order valence-corrected chi connectivity index (χ0v) is 16.2. The second kappa shape index (κ2) is 11.2.